The maximum absolute atomic E-state index is 13.6. The van der Waals surface area contributed by atoms with Gasteiger partial charge in [-0.25, -0.2) is 0 Å². The van der Waals surface area contributed by atoms with Crippen molar-refractivity contribution in [2.75, 3.05) is 13.2 Å². The third kappa shape index (κ3) is 3.90. The molecule has 0 aliphatic carbocycles. The largest absolute Gasteiger partial charge is 0.494 e. The molecule has 1 aromatic heterocycles. The lowest BCUT2D eigenvalue weighted by atomic mass is 10.2. The molecule has 0 atom stereocenters. The Hall–Kier alpha value is -3.16. The second-order valence-electron chi connectivity index (χ2n) is 5.66. The molecule has 5 nitrogen and oxygen atoms in total. The van der Waals surface area contributed by atoms with Gasteiger partial charge in [0.15, 0.2) is 11.5 Å². The number of hydrogen-bond acceptors (Lipinski definition) is 5. The van der Waals surface area contributed by atoms with Crippen molar-refractivity contribution in [3.05, 3.63) is 58.4 Å². The lowest BCUT2D eigenvalue weighted by Crippen LogP contribution is -2.15. The Morgan fingerprint density at radius 1 is 0.964 bits per heavy atom. The lowest BCUT2D eigenvalue weighted by molar-refractivity contribution is -0.154. The summed E-state index contributed by atoms with van der Waals surface area (Å²) in [4.78, 5) is 12.8. The Morgan fingerprint density at radius 2 is 1.64 bits per heavy atom. The highest BCUT2D eigenvalue weighted by molar-refractivity contribution is 5.79. The van der Waals surface area contributed by atoms with Gasteiger partial charge in [0.05, 0.1) is 18.6 Å². The Morgan fingerprint density at radius 3 is 2.29 bits per heavy atom. The molecule has 0 aliphatic heterocycles. The van der Waals surface area contributed by atoms with Crippen LogP contribution in [-0.4, -0.2) is 13.2 Å². The summed E-state index contributed by atoms with van der Waals surface area (Å²) in [6, 6.07) is 10.2. The molecule has 0 saturated carbocycles. The van der Waals surface area contributed by atoms with Crippen molar-refractivity contribution in [2.45, 2.75) is 20.0 Å². The van der Waals surface area contributed by atoms with E-state index in [1.165, 1.54) is 30.3 Å². The molecule has 2 aromatic carbocycles. The van der Waals surface area contributed by atoms with Crippen LogP contribution < -0.4 is 19.6 Å². The van der Waals surface area contributed by atoms with Crippen LogP contribution in [0.4, 0.5) is 13.2 Å². The van der Waals surface area contributed by atoms with Crippen LogP contribution in [0.15, 0.2) is 51.7 Å². The van der Waals surface area contributed by atoms with Crippen molar-refractivity contribution in [1.82, 2.24) is 0 Å². The number of fused-ring (bicyclic) bond motifs is 1. The molecule has 0 radical (unpaired) electrons. The standard InChI is InChI=1S/C20H17F3O5/c1-3-25-12-9-10-13-16(11-12)28-19(20(21,22)23)18(17(13)24)27-15-8-6-5-7-14(15)26-4-2/h5-11H,3-4H2,1-2H3. The van der Waals surface area contributed by atoms with Crippen molar-refractivity contribution in [1.29, 1.82) is 0 Å². The number of ether oxygens (including phenoxy) is 3. The third-order valence-electron chi connectivity index (χ3n) is 3.75. The summed E-state index contributed by atoms with van der Waals surface area (Å²) in [6.45, 7) is 4.04. The van der Waals surface area contributed by atoms with Crippen LogP contribution in [0.25, 0.3) is 11.0 Å². The maximum atomic E-state index is 13.6. The summed E-state index contributed by atoms with van der Waals surface area (Å²) in [5, 5.41) is -0.0552. The highest BCUT2D eigenvalue weighted by atomic mass is 19.4. The van der Waals surface area contributed by atoms with Gasteiger partial charge < -0.3 is 18.6 Å². The number of halogens is 3. The Labute approximate surface area is 158 Å². The van der Waals surface area contributed by atoms with Crippen LogP contribution in [0, 0.1) is 0 Å². The minimum absolute atomic E-state index is 0.0209. The second-order valence-corrected chi connectivity index (χ2v) is 5.66. The molecule has 3 rings (SSSR count). The Kier molecular flexibility index (Phi) is 5.48. The fourth-order valence-corrected chi connectivity index (χ4v) is 2.61. The van der Waals surface area contributed by atoms with E-state index < -0.39 is 23.1 Å². The third-order valence-corrected chi connectivity index (χ3v) is 3.75. The van der Waals surface area contributed by atoms with Gasteiger partial charge in [-0.2, -0.15) is 13.2 Å². The fraction of sp³-hybridized carbons (Fsp3) is 0.250. The van der Waals surface area contributed by atoms with Crippen molar-refractivity contribution in [2.24, 2.45) is 0 Å². The van der Waals surface area contributed by atoms with Gasteiger partial charge >= 0.3 is 6.18 Å². The van der Waals surface area contributed by atoms with Crippen LogP contribution in [0.3, 0.4) is 0 Å². The quantitative estimate of drug-likeness (QED) is 0.560. The number of rotatable bonds is 6. The van der Waals surface area contributed by atoms with Gasteiger partial charge in [-0.3, -0.25) is 4.79 Å². The molecule has 28 heavy (non-hydrogen) atoms. The first-order valence-corrected chi connectivity index (χ1v) is 8.55. The predicted octanol–water partition coefficient (Wildman–Crippen LogP) is 5.40. The molecule has 0 amide bonds. The smallest absolute Gasteiger partial charge is 0.453 e. The summed E-state index contributed by atoms with van der Waals surface area (Å²) in [5.41, 5.74) is -1.18. The monoisotopic (exact) mass is 394 g/mol. The number of para-hydroxylation sites is 2. The average molecular weight is 394 g/mol. The second kappa shape index (κ2) is 7.84. The summed E-state index contributed by atoms with van der Waals surface area (Å²) >= 11 is 0. The van der Waals surface area contributed by atoms with Gasteiger partial charge in [-0.15, -0.1) is 0 Å². The van der Waals surface area contributed by atoms with E-state index >= 15 is 0 Å². The normalized spacial score (nSPS) is 11.5. The molecule has 3 aromatic rings. The van der Waals surface area contributed by atoms with Gasteiger partial charge in [-0.05, 0) is 38.1 Å². The zero-order chi connectivity index (χ0) is 20.3. The lowest BCUT2D eigenvalue weighted by Gasteiger charge is -2.15. The Balaban J connectivity index is 2.20. The molecule has 0 bridgehead atoms. The molecule has 0 aliphatic rings. The summed E-state index contributed by atoms with van der Waals surface area (Å²) in [7, 11) is 0. The van der Waals surface area contributed by atoms with E-state index in [1.54, 1.807) is 26.0 Å². The topological polar surface area (TPSA) is 57.9 Å². The fourth-order valence-electron chi connectivity index (χ4n) is 2.61. The minimum atomic E-state index is -4.94. The van der Waals surface area contributed by atoms with E-state index in [1.807, 2.05) is 0 Å². The summed E-state index contributed by atoms with van der Waals surface area (Å²) < 4.78 is 61.7. The molecule has 0 N–H and O–H groups in total. The predicted molar refractivity (Wildman–Crippen MR) is 96.3 cm³/mol. The molecule has 0 unspecified atom stereocenters. The first-order valence-electron chi connectivity index (χ1n) is 8.55. The van der Waals surface area contributed by atoms with Crippen molar-refractivity contribution in [3.63, 3.8) is 0 Å². The van der Waals surface area contributed by atoms with Crippen LogP contribution in [0.5, 0.6) is 23.0 Å². The first kappa shape index (κ1) is 19.6. The van der Waals surface area contributed by atoms with Gasteiger partial charge in [0.2, 0.25) is 11.2 Å². The highest BCUT2D eigenvalue weighted by Gasteiger charge is 2.40. The van der Waals surface area contributed by atoms with Crippen molar-refractivity contribution >= 4 is 11.0 Å². The van der Waals surface area contributed by atoms with Crippen LogP contribution in [-0.2, 0) is 6.18 Å². The van der Waals surface area contributed by atoms with Gasteiger partial charge in [0.25, 0.3) is 5.76 Å². The van der Waals surface area contributed by atoms with Crippen molar-refractivity contribution < 1.29 is 31.8 Å². The molecular formula is C20H17F3O5. The molecule has 1 heterocycles. The molecule has 8 heteroatoms. The Bertz CT molecular complexity index is 1040. The first-order chi connectivity index (χ1) is 13.3. The SMILES string of the molecule is CCOc1ccc2c(=O)c(Oc3ccccc3OCC)c(C(F)(F)F)oc2c1. The maximum Gasteiger partial charge on any atom is 0.453 e. The van der Waals surface area contributed by atoms with Crippen LogP contribution in [0.1, 0.15) is 19.6 Å². The highest BCUT2D eigenvalue weighted by Crippen LogP contribution is 2.40. The van der Waals surface area contributed by atoms with E-state index in [0.29, 0.717) is 12.4 Å². The summed E-state index contributed by atoms with van der Waals surface area (Å²) in [6.07, 6.45) is -4.94. The van der Waals surface area contributed by atoms with Crippen LogP contribution >= 0.6 is 0 Å². The molecule has 148 valence electrons. The summed E-state index contributed by atoms with van der Waals surface area (Å²) in [5.74, 6) is -1.99. The zero-order valence-electron chi connectivity index (χ0n) is 15.1. The molecule has 0 fully saturated rings. The van der Waals surface area contributed by atoms with E-state index in [2.05, 4.69) is 0 Å². The molecule has 0 saturated heterocycles. The van der Waals surface area contributed by atoms with E-state index in [-0.39, 0.29) is 29.1 Å². The molecule has 0 spiro atoms. The van der Waals surface area contributed by atoms with Gasteiger partial charge in [0, 0.05) is 6.07 Å². The van der Waals surface area contributed by atoms with E-state index in [9.17, 15) is 18.0 Å². The van der Waals surface area contributed by atoms with Crippen molar-refractivity contribution in [3.8, 4) is 23.0 Å². The van der Waals surface area contributed by atoms with E-state index in [4.69, 9.17) is 18.6 Å². The van der Waals surface area contributed by atoms with Gasteiger partial charge in [-0.1, -0.05) is 12.1 Å². The zero-order valence-corrected chi connectivity index (χ0v) is 15.1. The number of benzene rings is 2. The van der Waals surface area contributed by atoms with Crippen LogP contribution in [0.2, 0.25) is 0 Å². The minimum Gasteiger partial charge on any atom is -0.494 e. The average Bonchev–Trinajstić information content (AvgIpc) is 2.65. The van der Waals surface area contributed by atoms with Gasteiger partial charge in [0.1, 0.15) is 11.3 Å². The van der Waals surface area contributed by atoms with E-state index in [0.717, 1.165) is 0 Å². The molecular weight excluding hydrogens is 377 g/mol. The number of alkyl halides is 3. The number of hydrogen-bond donors (Lipinski definition) is 0.